The molecule has 1 aliphatic rings. The molecule has 0 saturated heterocycles. The summed E-state index contributed by atoms with van der Waals surface area (Å²) in [5, 5.41) is 12.6. The van der Waals surface area contributed by atoms with Gasteiger partial charge >= 0.3 is 0 Å². The van der Waals surface area contributed by atoms with Crippen molar-refractivity contribution in [2.24, 2.45) is 5.92 Å². The van der Waals surface area contributed by atoms with E-state index in [1.807, 2.05) is 6.07 Å². The largest absolute Gasteiger partial charge is 0.481 e. The van der Waals surface area contributed by atoms with Crippen molar-refractivity contribution in [2.45, 2.75) is 25.0 Å². The van der Waals surface area contributed by atoms with E-state index in [1.165, 1.54) is 0 Å². The lowest BCUT2D eigenvalue weighted by Crippen LogP contribution is -2.41. The number of hydrogen-bond acceptors (Lipinski definition) is 4. The molecule has 0 aliphatic heterocycles. The molecule has 1 fully saturated rings. The molecule has 0 spiro atoms. The van der Waals surface area contributed by atoms with Gasteiger partial charge in [-0.3, -0.25) is 4.79 Å². The highest BCUT2D eigenvalue weighted by Crippen LogP contribution is 2.38. The number of pyridine rings is 1. The van der Waals surface area contributed by atoms with E-state index in [9.17, 15) is 9.90 Å². The van der Waals surface area contributed by atoms with Gasteiger partial charge in [0.05, 0.1) is 19.3 Å². The number of nitrogens with zero attached hydrogens (tertiary/aromatic N) is 1. The van der Waals surface area contributed by atoms with Crippen molar-refractivity contribution in [2.75, 3.05) is 7.11 Å². The Kier molecular flexibility index (Phi) is 4.11. The number of aliphatic hydroxyl groups is 1. The van der Waals surface area contributed by atoms with Crippen molar-refractivity contribution in [1.29, 1.82) is 0 Å². The number of carbonyl (C=O) groups excluding carboxylic acids is 1. The summed E-state index contributed by atoms with van der Waals surface area (Å²) in [6.45, 7) is 0. The van der Waals surface area contributed by atoms with Crippen molar-refractivity contribution in [3.8, 4) is 5.88 Å². The molecule has 116 valence electrons. The fraction of sp³-hybridized carbons (Fsp3) is 0.375. The van der Waals surface area contributed by atoms with Crippen molar-refractivity contribution in [3.05, 3.63) is 47.9 Å². The summed E-state index contributed by atoms with van der Waals surface area (Å²) in [6, 6.07) is 7.02. The maximum absolute atomic E-state index is 12.3. The van der Waals surface area contributed by atoms with Gasteiger partial charge in [-0.2, -0.15) is 0 Å². The van der Waals surface area contributed by atoms with Gasteiger partial charge in [-0.15, -0.1) is 0 Å². The molecule has 1 amide bonds. The van der Waals surface area contributed by atoms with Gasteiger partial charge in [0.25, 0.3) is 5.91 Å². The second kappa shape index (κ2) is 6.19. The summed E-state index contributed by atoms with van der Waals surface area (Å²) in [5.41, 5.74) is 1.43. The van der Waals surface area contributed by atoms with Crippen molar-refractivity contribution in [3.63, 3.8) is 0 Å². The average molecular weight is 301 g/mol. The second-order valence-corrected chi connectivity index (χ2v) is 5.55. The minimum Gasteiger partial charge on any atom is -0.481 e. The normalized spacial score (nSPS) is 21.7. The zero-order valence-electron chi connectivity index (χ0n) is 12.3. The van der Waals surface area contributed by atoms with Crippen molar-refractivity contribution in [1.82, 2.24) is 15.3 Å². The van der Waals surface area contributed by atoms with Crippen LogP contribution in [0.5, 0.6) is 5.88 Å². The molecule has 1 aliphatic carbocycles. The second-order valence-electron chi connectivity index (χ2n) is 5.55. The fourth-order valence-corrected chi connectivity index (χ4v) is 2.76. The maximum atomic E-state index is 12.3. The Labute approximate surface area is 128 Å². The molecule has 2 heterocycles. The van der Waals surface area contributed by atoms with Gasteiger partial charge in [0.2, 0.25) is 5.88 Å². The Morgan fingerprint density at radius 1 is 1.45 bits per heavy atom. The number of ether oxygens (including phenoxy) is 1. The quantitative estimate of drug-likeness (QED) is 0.784. The van der Waals surface area contributed by atoms with Crippen molar-refractivity contribution < 1.29 is 14.6 Å². The predicted octanol–water partition coefficient (Wildman–Crippen LogP) is 1.66. The van der Waals surface area contributed by atoms with E-state index in [4.69, 9.17) is 4.74 Å². The van der Waals surface area contributed by atoms with Crippen LogP contribution in [0, 0.1) is 5.92 Å². The van der Waals surface area contributed by atoms with Crippen LogP contribution in [-0.2, 0) is 0 Å². The van der Waals surface area contributed by atoms with E-state index in [1.54, 1.807) is 37.7 Å². The van der Waals surface area contributed by atoms with Crippen LogP contribution in [0.3, 0.4) is 0 Å². The Hall–Kier alpha value is -2.34. The minimum atomic E-state index is -0.277. The Balaban J connectivity index is 1.78. The molecule has 1 saturated carbocycles. The first-order chi connectivity index (χ1) is 10.7. The lowest BCUT2D eigenvalue weighted by Gasteiger charge is -2.38. The molecule has 2 aromatic heterocycles. The molecule has 22 heavy (non-hydrogen) atoms. The molecule has 2 aromatic rings. The summed E-state index contributed by atoms with van der Waals surface area (Å²) in [5.74, 6) is 0.586. The van der Waals surface area contributed by atoms with Crippen LogP contribution in [0.15, 0.2) is 36.7 Å². The van der Waals surface area contributed by atoms with Gasteiger partial charge in [-0.05, 0) is 36.5 Å². The number of methoxy groups -OCH3 is 1. The van der Waals surface area contributed by atoms with Crippen LogP contribution >= 0.6 is 0 Å². The number of aromatic amines is 1. The number of carbonyl (C=O) groups is 1. The molecule has 0 bridgehead atoms. The summed E-state index contributed by atoms with van der Waals surface area (Å²) in [6.07, 6.45) is 4.51. The monoisotopic (exact) mass is 301 g/mol. The van der Waals surface area contributed by atoms with E-state index in [-0.39, 0.29) is 24.0 Å². The SMILES string of the molecule is COc1ccc([C@@H](NC(=O)c2ccc[nH]2)C2CC(O)C2)cn1. The third-order valence-corrected chi connectivity index (χ3v) is 4.08. The number of amides is 1. The molecular weight excluding hydrogens is 282 g/mol. The highest BCUT2D eigenvalue weighted by atomic mass is 16.5. The molecule has 0 radical (unpaired) electrons. The van der Waals surface area contributed by atoms with E-state index in [2.05, 4.69) is 15.3 Å². The highest BCUT2D eigenvalue weighted by molar-refractivity contribution is 5.92. The molecular formula is C16H19N3O3. The van der Waals surface area contributed by atoms with Crippen LogP contribution in [0.4, 0.5) is 0 Å². The lowest BCUT2D eigenvalue weighted by atomic mass is 9.75. The molecule has 3 rings (SSSR count). The third-order valence-electron chi connectivity index (χ3n) is 4.08. The number of nitrogens with one attached hydrogen (secondary N) is 2. The van der Waals surface area contributed by atoms with Crippen LogP contribution in [-0.4, -0.2) is 34.2 Å². The van der Waals surface area contributed by atoms with Gasteiger partial charge in [-0.1, -0.05) is 6.07 Å². The Bertz CT molecular complexity index is 619. The molecule has 0 unspecified atom stereocenters. The van der Waals surface area contributed by atoms with E-state index in [0.717, 1.165) is 5.56 Å². The van der Waals surface area contributed by atoms with E-state index in [0.29, 0.717) is 24.4 Å². The van der Waals surface area contributed by atoms with E-state index >= 15 is 0 Å². The first-order valence-electron chi connectivity index (χ1n) is 7.29. The highest BCUT2D eigenvalue weighted by Gasteiger charge is 2.36. The van der Waals surface area contributed by atoms with Crippen molar-refractivity contribution >= 4 is 5.91 Å². The molecule has 6 heteroatoms. The predicted molar refractivity (Wildman–Crippen MR) is 80.5 cm³/mol. The standard InChI is InChI=1S/C16H19N3O3/c1-22-14-5-4-10(9-18-14)15(11-7-12(20)8-11)19-16(21)13-3-2-6-17-13/h2-6,9,11-12,15,17,20H,7-8H2,1H3,(H,19,21)/t11?,12?,15-/m1/s1. The Morgan fingerprint density at radius 2 is 2.27 bits per heavy atom. The van der Waals surface area contributed by atoms with Crippen LogP contribution in [0.25, 0.3) is 0 Å². The van der Waals surface area contributed by atoms with Gasteiger partial charge in [-0.25, -0.2) is 4.98 Å². The van der Waals surface area contributed by atoms with Gasteiger partial charge in [0.1, 0.15) is 5.69 Å². The molecule has 0 aromatic carbocycles. The van der Waals surface area contributed by atoms with Gasteiger partial charge < -0.3 is 20.1 Å². The number of H-pyrrole nitrogens is 1. The Morgan fingerprint density at radius 3 is 2.82 bits per heavy atom. The summed E-state index contributed by atoms with van der Waals surface area (Å²) in [4.78, 5) is 19.4. The molecule has 3 N–H and O–H groups in total. The van der Waals surface area contributed by atoms with Gasteiger partial charge in [0, 0.05) is 18.5 Å². The summed E-state index contributed by atoms with van der Waals surface area (Å²) >= 11 is 0. The first-order valence-corrected chi connectivity index (χ1v) is 7.29. The topological polar surface area (TPSA) is 87.2 Å². The average Bonchev–Trinajstić information content (AvgIpc) is 3.04. The van der Waals surface area contributed by atoms with Crippen LogP contribution < -0.4 is 10.1 Å². The summed E-state index contributed by atoms with van der Waals surface area (Å²) in [7, 11) is 1.56. The third kappa shape index (κ3) is 2.96. The number of aromatic nitrogens is 2. The van der Waals surface area contributed by atoms with E-state index < -0.39 is 0 Å². The molecule has 6 nitrogen and oxygen atoms in total. The van der Waals surface area contributed by atoms with Crippen LogP contribution in [0.1, 0.15) is 34.9 Å². The first kappa shape index (κ1) is 14.6. The number of aliphatic hydroxyl groups excluding tert-OH is 1. The fourth-order valence-electron chi connectivity index (χ4n) is 2.76. The van der Waals surface area contributed by atoms with Crippen LogP contribution in [0.2, 0.25) is 0 Å². The maximum Gasteiger partial charge on any atom is 0.268 e. The zero-order chi connectivity index (χ0) is 15.5. The smallest absolute Gasteiger partial charge is 0.268 e. The number of hydrogen-bond donors (Lipinski definition) is 3. The lowest BCUT2D eigenvalue weighted by molar-refractivity contribution is 0.0234. The minimum absolute atomic E-state index is 0.160. The zero-order valence-corrected chi connectivity index (χ0v) is 12.3. The van der Waals surface area contributed by atoms with Gasteiger partial charge in [0.15, 0.2) is 0 Å². The molecule has 1 atom stereocenters. The number of rotatable bonds is 5. The summed E-state index contributed by atoms with van der Waals surface area (Å²) < 4.78 is 5.06.